The standard InChI is InChI=1S/C19H21N3O4S2/c1-19-7-6-15(23)22(19)13(10-27-19)17(25)26-9-11-8-16(24)21-12-4-2-3-5-14(12)28-18(21)20-11/h8,13H,2-7,9-10H2,1H3/t13-,19+/m0/s1. The summed E-state index contributed by atoms with van der Waals surface area (Å²) in [5, 5.41) is 0. The molecule has 2 aliphatic heterocycles. The summed E-state index contributed by atoms with van der Waals surface area (Å²) in [6.07, 6.45) is 5.39. The van der Waals surface area contributed by atoms with Crippen molar-refractivity contribution < 1.29 is 14.3 Å². The van der Waals surface area contributed by atoms with Gasteiger partial charge in [0, 0.05) is 28.8 Å². The van der Waals surface area contributed by atoms with Gasteiger partial charge in [0.05, 0.1) is 10.6 Å². The van der Waals surface area contributed by atoms with Gasteiger partial charge in [0.1, 0.15) is 12.6 Å². The molecule has 0 saturated carbocycles. The molecular formula is C19H21N3O4S2. The highest BCUT2D eigenvalue weighted by Gasteiger charge is 2.53. The largest absolute Gasteiger partial charge is 0.458 e. The number of aryl methyl sites for hydroxylation is 2. The molecule has 0 bridgehead atoms. The molecule has 0 radical (unpaired) electrons. The third-order valence-electron chi connectivity index (χ3n) is 5.89. The lowest BCUT2D eigenvalue weighted by atomic mass is 10.0. The van der Waals surface area contributed by atoms with Crippen molar-refractivity contribution in [1.29, 1.82) is 0 Å². The number of nitrogens with zero attached hydrogens (tertiary/aromatic N) is 3. The van der Waals surface area contributed by atoms with E-state index >= 15 is 0 Å². The van der Waals surface area contributed by atoms with Gasteiger partial charge in [-0.1, -0.05) is 0 Å². The molecule has 5 rings (SSSR count). The van der Waals surface area contributed by atoms with E-state index in [1.165, 1.54) is 10.9 Å². The maximum Gasteiger partial charge on any atom is 0.330 e. The Bertz CT molecular complexity index is 1050. The van der Waals surface area contributed by atoms with Crippen LogP contribution in [0.15, 0.2) is 10.9 Å². The predicted octanol–water partition coefficient (Wildman–Crippen LogP) is 2.13. The Morgan fingerprint density at radius 2 is 2.14 bits per heavy atom. The first-order chi connectivity index (χ1) is 13.5. The van der Waals surface area contributed by atoms with Crippen LogP contribution in [0.2, 0.25) is 0 Å². The Morgan fingerprint density at radius 1 is 1.32 bits per heavy atom. The zero-order valence-electron chi connectivity index (χ0n) is 15.6. The number of amides is 1. The third kappa shape index (κ3) is 2.78. The molecule has 1 aliphatic carbocycles. The molecule has 3 aliphatic rings. The molecule has 2 aromatic rings. The van der Waals surface area contributed by atoms with E-state index in [1.807, 2.05) is 6.92 Å². The van der Waals surface area contributed by atoms with Gasteiger partial charge in [-0.3, -0.25) is 14.0 Å². The summed E-state index contributed by atoms with van der Waals surface area (Å²) >= 11 is 3.19. The molecule has 2 aromatic heterocycles. The van der Waals surface area contributed by atoms with Crippen molar-refractivity contribution in [3.8, 4) is 0 Å². The normalized spacial score (nSPS) is 26.5. The third-order valence-corrected chi connectivity index (χ3v) is 8.54. The lowest BCUT2D eigenvalue weighted by molar-refractivity contribution is -0.154. The van der Waals surface area contributed by atoms with Crippen molar-refractivity contribution in [3.63, 3.8) is 0 Å². The van der Waals surface area contributed by atoms with Crippen LogP contribution in [0, 0.1) is 0 Å². The van der Waals surface area contributed by atoms with Crippen molar-refractivity contribution in [2.24, 2.45) is 0 Å². The Kier molecular flexibility index (Phi) is 4.28. The van der Waals surface area contributed by atoms with Gasteiger partial charge in [-0.25, -0.2) is 9.78 Å². The fourth-order valence-corrected chi connectivity index (χ4v) is 7.10. The number of aromatic nitrogens is 2. The van der Waals surface area contributed by atoms with E-state index in [9.17, 15) is 14.4 Å². The van der Waals surface area contributed by atoms with Crippen molar-refractivity contribution in [3.05, 3.63) is 32.7 Å². The van der Waals surface area contributed by atoms with Gasteiger partial charge in [-0.2, -0.15) is 0 Å². The van der Waals surface area contributed by atoms with Crippen molar-refractivity contribution >= 4 is 39.9 Å². The second-order valence-corrected chi connectivity index (χ2v) is 10.3. The molecule has 0 N–H and O–H groups in total. The number of ether oxygens (including phenoxy) is 1. The topological polar surface area (TPSA) is 81.0 Å². The summed E-state index contributed by atoms with van der Waals surface area (Å²) in [7, 11) is 0. The van der Waals surface area contributed by atoms with Gasteiger partial charge in [0.15, 0.2) is 4.96 Å². The molecule has 2 atom stereocenters. The van der Waals surface area contributed by atoms with E-state index < -0.39 is 12.0 Å². The molecule has 7 nitrogen and oxygen atoms in total. The summed E-state index contributed by atoms with van der Waals surface area (Å²) in [6.45, 7) is 1.96. The van der Waals surface area contributed by atoms with Crippen LogP contribution in [0.1, 0.15) is 48.9 Å². The molecule has 0 unspecified atom stereocenters. The van der Waals surface area contributed by atoms with Gasteiger partial charge in [0.2, 0.25) is 5.91 Å². The van der Waals surface area contributed by atoms with Crippen LogP contribution in [0.4, 0.5) is 0 Å². The number of rotatable bonds is 3. The minimum Gasteiger partial charge on any atom is -0.458 e. The maximum absolute atomic E-state index is 12.6. The Morgan fingerprint density at radius 3 is 3.00 bits per heavy atom. The lowest BCUT2D eigenvalue weighted by Crippen LogP contribution is -2.46. The molecular weight excluding hydrogens is 398 g/mol. The van der Waals surface area contributed by atoms with Crippen LogP contribution in [-0.2, 0) is 33.8 Å². The van der Waals surface area contributed by atoms with Crippen LogP contribution in [0.5, 0.6) is 0 Å². The van der Waals surface area contributed by atoms with Crippen LogP contribution < -0.4 is 5.56 Å². The SMILES string of the molecule is C[C@@]12CCC(=O)N1[C@H](C(=O)OCc1cc(=O)n3c4c(sc3n1)CCCC4)CS2. The summed E-state index contributed by atoms with van der Waals surface area (Å²) in [4.78, 5) is 45.2. The summed E-state index contributed by atoms with van der Waals surface area (Å²) in [5.41, 5.74) is 1.43. The highest BCUT2D eigenvalue weighted by molar-refractivity contribution is 8.01. The highest BCUT2D eigenvalue weighted by atomic mass is 32.2. The minimum absolute atomic E-state index is 0.0106. The van der Waals surface area contributed by atoms with Crippen molar-refractivity contribution in [2.75, 3.05) is 5.75 Å². The van der Waals surface area contributed by atoms with Crippen molar-refractivity contribution in [1.82, 2.24) is 14.3 Å². The number of esters is 1. The van der Waals surface area contributed by atoms with E-state index in [0.29, 0.717) is 22.8 Å². The van der Waals surface area contributed by atoms with Crippen molar-refractivity contribution in [2.45, 2.75) is 63.0 Å². The average Bonchev–Trinajstić information content (AvgIpc) is 3.30. The summed E-state index contributed by atoms with van der Waals surface area (Å²) < 4.78 is 7.17. The Labute approximate surface area is 170 Å². The van der Waals surface area contributed by atoms with Crippen LogP contribution in [-0.4, -0.2) is 42.8 Å². The second-order valence-electron chi connectivity index (χ2n) is 7.76. The van der Waals surface area contributed by atoms with E-state index in [0.717, 1.165) is 37.8 Å². The minimum atomic E-state index is -0.552. The summed E-state index contributed by atoms with van der Waals surface area (Å²) in [6, 6.07) is 0.903. The number of hydrogen-bond donors (Lipinski definition) is 0. The first kappa shape index (κ1) is 18.2. The van der Waals surface area contributed by atoms with Crippen LogP contribution in [0.3, 0.4) is 0 Å². The smallest absolute Gasteiger partial charge is 0.330 e. The van der Waals surface area contributed by atoms with E-state index in [2.05, 4.69) is 4.98 Å². The maximum atomic E-state index is 12.6. The predicted molar refractivity (Wildman–Crippen MR) is 107 cm³/mol. The monoisotopic (exact) mass is 419 g/mol. The van der Waals surface area contributed by atoms with E-state index in [1.54, 1.807) is 32.4 Å². The number of carbonyl (C=O) groups excluding carboxylic acids is 2. The number of hydrogen-bond acceptors (Lipinski definition) is 7. The van der Waals surface area contributed by atoms with Crippen LogP contribution >= 0.6 is 23.1 Å². The molecule has 2 fully saturated rings. The Hall–Kier alpha value is -1.87. The van der Waals surface area contributed by atoms with Gasteiger partial charge >= 0.3 is 5.97 Å². The molecule has 0 spiro atoms. The zero-order chi connectivity index (χ0) is 19.5. The first-order valence-corrected chi connectivity index (χ1v) is 11.4. The molecule has 1 amide bonds. The highest BCUT2D eigenvalue weighted by Crippen LogP contribution is 2.47. The lowest BCUT2D eigenvalue weighted by Gasteiger charge is -2.29. The van der Waals surface area contributed by atoms with Gasteiger partial charge in [-0.15, -0.1) is 23.1 Å². The quantitative estimate of drug-likeness (QED) is 0.709. The zero-order valence-corrected chi connectivity index (χ0v) is 17.2. The first-order valence-electron chi connectivity index (χ1n) is 9.62. The van der Waals surface area contributed by atoms with Crippen LogP contribution in [0.25, 0.3) is 4.96 Å². The molecule has 4 heterocycles. The summed E-state index contributed by atoms with van der Waals surface area (Å²) in [5.74, 6) is 0.142. The number of thiazole rings is 1. The fraction of sp³-hybridized carbons (Fsp3) is 0.579. The molecule has 2 saturated heterocycles. The Balaban J connectivity index is 1.34. The second kappa shape index (κ2) is 6.59. The molecule has 148 valence electrons. The van der Waals surface area contributed by atoms with Gasteiger partial charge < -0.3 is 9.64 Å². The van der Waals surface area contributed by atoms with E-state index in [4.69, 9.17) is 4.74 Å². The van der Waals surface area contributed by atoms with E-state index in [-0.39, 0.29) is 22.9 Å². The number of carbonyl (C=O) groups is 2. The molecule has 0 aromatic carbocycles. The van der Waals surface area contributed by atoms with Gasteiger partial charge in [0.25, 0.3) is 5.56 Å². The molecule has 28 heavy (non-hydrogen) atoms. The van der Waals surface area contributed by atoms with Gasteiger partial charge in [-0.05, 0) is 39.0 Å². The number of thioether (sulfide) groups is 1. The average molecular weight is 420 g/mol. The molecule has 9 heteroatoms. The fourth-order valence-electron chi connectivity index (χ4n) is 4.45. The number of fused-ring (bicyclic) bond motifs is 4.